The fraction of sp³-hybridized carbons (Fsp3) is 0.118. The first-order valence-corrected chi connectivity index (χ1v) is 6.41. The molecule has 0 spiro atoms. The molecule has 0 unspecified atom stereocenters. The fourth-order valence-corrected chi connectivity index (χ4v) is 2.24. The van der Waals surface area contributed by atoms with E-state index in [0.717, 1.165) is 22.4 Å². The van der Waals surface area contributed by atoms with E-state index in [1.54, 1.807) is 7.11 Å². The topological polar surface area (TPSA) is 35.5 Å². The minimum atomic E-state index is -0.219. The van der Waals surface area contributed by atoms with Crippen molar-refractivity contribution in [1.82, 2.24) is 0 Å². The molecule has 3 nitrogen and oxygen atoms in total. The lowest BCUT2D eigenvalue weighted by atomic mass is 9.99. The predicted octanol–water partition coefficient (Wildman–Crippen LogP) is 3.29. The number of cyclic esters (lactones) is 1. The van der Waals surface area contributed by atoms with Crippen LogP contribution in [0.3, 0.4) is 0 Å². The zero-order chi connectivity index (χ0) is 13.9. The van der Waals surface area contributed by atoms with E-state index < -0.39 is 0 Å². The first kappa shape index (κ1) is 12.5. The van der Waals surface area contributed by atoms with Crippen LogP contribution >= 0.6 is 0 Å². The highest BCUT2D eigenvalue weighted by molar-refractivity contribution is 5.91. The van der Waals surface area contributed by atoms with Crippen LogP contribution in [0.5, 0.6) is 5.75 Å². The maximum Gasteiger partial charge on any atom is 0.315 e. The molecule has 3 heteroatoms. The summed E-state index contributed by atoms with van der Waals surface area (Å²) in [4.78, 5) is 11.6. The summed E-state index contributed by atoms with van der Waals surface area (Å²) >= 11 is 0. The van der Waals surface area contributed by atoms with Crippen LogP contribution < -0.4 is 4.74 Å². The highest BCUT2D eigenvalue weighted by Crippen LogP contribution is 2.28. The van der Waals surface area contributed by atoms with E-state index in [1.807, 2.05) is 54.6 Å². The molecule has 0 bridgehead atoms. The molecule has 1 aliphatic heterocycles. The van der Waals surface area contributed by atoms with Crippen molar-refractivity contribution >= 4 is 17.8 Å². The standard InChI is InChI=1S/C17H14O3/c1-19-14-8-6-12(7-9-14)10-16-15-5-3-2-4-13(15)11-17(18)20-16/h2-10H,11H2,1H3/b16-10-. The Morgan fingerprint density at radius 1 is 1.10 bits per heavy atom. The Balaban J connectivity index is 2.00. The fourth-order valence-electron chi connectivity index (χ4n) is 2.24. The van der Waals surface area contributed by atoms with Crippen molar-refractivity contribution in [3.8, 4) is 5.75 Å². The van der Waals surface area contributed by atoms with Gasteiger partial charge in [0, 0.05) is 5.56 Å². The van der Waals surface area contributed by atoms with Crippen LogP contribution in [0.4, 0.5) is 0 Å². The molecule has 0 aliphatic carbocycles. The summed E-state index contributed by atoms with van der Waals surface area (Å²) in [7, 11) is 1.63. The molecule has 2 aromatic carbocycles. The van der Waals surface area contributed by atoms with Crippen LogP contribution in [0, 0.1) is 0 Å². The molecule has 0 radical (unpaired) electrons. The van der Waals surface area contributed by atoms with Gasteiger partial charge in [0.15, 0.2) is 0 Å². The maximum absolute atomic E-state index is 11.6. The van der Waals surface area contributed by atoms with Crippen LogP contribution in [-0.2, 0) is 16.0 Å². The molecule has 20 heavy (non-hydrogen) atoms. The minimum Gasteiger partial charge on any atom is -0.497 e. The Labute approximate surface area is 117 Å². The largest absolute Gasteiger partial charge is 0.497 e. The van der Waals surface area contributed by atoms with Gasteiger partial charge in [0.05, 0.1) is 13.5 Å². The molecular formula is C17H14O3. The SMILES string of the molecule is COc1ccc(/C=C2\OC(=O)Cc3ccccc32)cc1. The zero-order valence-corrected chi connectivity index (χ0v) is 11.1. The molecule has 1 heterocycles. The lowest BCUT2D eigenvalue weighted by molar-refractivity contribution is -0.136. The van der Waals surface area contributed by atoms with E-state index in [1.165, 1.54) is 0 Å². The normalized spacial score (nSPS) is 15.7. The van der Waals surface area contributed by atoms with Gasteiger partial charge in [0.25, 0.3) is 0 Å². The Hall–Kier alpha value is -2.55. The summed E-state index contributed by atoms with van der Waals surface area (Å²) in [6.07, 6.45) is 2.20. The summed E-state index contributed by atoms with van der Waals surface area (Å²) in [5.74, 6) is 1.18. The van der Waals surface area contributed by atoms with Gasteiger partial charge >= 0.3 is 5.97 Å². The number of benzene rings is 2. The van der Waals surface area contributed by atoms with Crippen LogP contribution in [0.1, 0.15) is 16.7 Å². The van der Waals surface area contributed by atoms with E-state index in [2.05, 4.69) is 0 Å². The number of esters is 1. The van der Waals surface area contributed by atoms with Crippen LogP contribution in [0.2, 0.25) is 0 Å². The van der Waals surface area contributed by atoms with E-state index in [0.29, 0.717) is 12.2 Å². The minimum absolute atomic E-state index is 0.219. The lowest BCUT2D eigenvalue weighted by Crippen LogP contribution is -2.15. The van der Waals surface area contributed by atoms with Crippen molar-refractivity contribution in [3.05, 3.63) is 65.2 Å². The van der Waals surface area contributed by atoms with E-state index in [-0.39, 0.29) is 5.97 Å². The summed E-state index contributed by atoms with van der Waals surface area (Å²) in [6, 6.07) is 15.4. The van der Waals surface area contributed by atoms with Gasteiger partial charge in [-0.05, 0) is 29.3 Å². The Morgan fingerprint density at radius 2 is 1.85 bits per heavy atom. The number of hydrogen-bond acceptors (Lipinski definition) is 3. The van der Waals surface area contributed by atoms with Crippen LogP contribution in [-0.4, -0.2) is 13.1 Å². The molecule has 0 saturated heterocycles. The first-order valence-electron chi connectivity index (χ1n) is 6.41. The monoisotopic (exact) mass is 266 g/mol. The average Bonchev–Trinajstić information content (AvgIpc) is 2.48. The second-order valence-electron chi connectivity index (χ2n) is 4.59. The van der Waals surface area contributed by atoms with Gasteiger partial charge in [0.1, 0.15) is 11.5 Å². The van der Waals surface area contributed by atoms with Gasteiger partial charge < -0.3 is 9.47 Å². The van der Waals surface area contributed by atoms with Crippen molar-refractivity contribution in [2.75, 3.05) is 7.11 Å². The molecule has 0 N–H and O–H groups in total. The van der Waals surface area contributed by atoms with Gasteiger partial charge in [-0.1, -0.05) is 36.4 Å². The Bertz CT molecular complexity index is 669. The Kier molecular flexibility index (Phi) is 3.25. The molecular weight excluding hydrogens is 252 g/mol. The first-order chi connectivity index (χ1) is 9.76. The highest BCUT2D eigenvalue weighted by Gasteiger charge is 2.20. The second-order valence-corrected chi connectivity index (χ2v) is 4.59. The molecule has 0 aromatic heterocycles. The number of carbonyl (C=O) groups excluding carboxylic acids is 1. The van der Waals surface area contributed by atoms with Gasteiger partial charge in [0.2, 0.25) is 0 Å². The van der Waals surface area contributed by atoms with Crippen molar-refractivity contribution in [2.45, 2.75) is 6.42 Å². The quantitative estimate of drug-likeness (QED) is 0.782. The lowest BCUT2D eigenvalue weighted by Gasteiger charge is -2.18. The molecule has 3 rings (SSSR count). The van der Waals surface area contributed by atoms with Gasteiger partial charge in [-0.15, -0.1) is 0 Å². The smallest absolute Gasteiger partial charge is 0.315 e. The molecule has 100 valence electrons. The third-order valence-corrected chi connectivity index (χ3v) is 3.25. The second kappa shape index (κ2) is 5.21. The summed E-state index contributed by atoms with van der Waals surface area (Å²) in [6.45, 7) is 0. The maximum atomic E-state index is 11.6. The third-order valence-electron chi connectivity index (χ3n) is 3.25. The number of ether oxygens (including phenoxy) is 2. The number of carbonyl (C=O) groups is 1. The van der Waals surface area contributed by atoms with Crippen molar-refractivity contribution < 1.29 is 14.3 Å². The molecule has 0 fully saturated rings. The molecule has 0 saturated carbocycles. The van der Waals surface area contributed by atoms with Crippen molar-refractivity contribution in [3.63, 3.8) is 0 Å². The van der Waals surface area contributed by atoms with E-state index >= 15 is 0 Å². The van der Waals surface area contributed by atoms with Crippen LogP contribution in [0.15, 0.2) is 48.5 Å². The number of rotatable bonds is 2. The Morgan fingerprint density at radius 3 is 2.60 bits per heavy atom. The summed E-state index contributed by atoms with van der Waals surface area (Å²) in [5.41, 5.74) is 2.94. The third kappa shape index (κ3) is 2.43. The molecule has 0 amide bonds. The van der Waals surface area contributed by atoms with Gasteiger partial charge in [-0.25, -0.2) is 0 Å². The summed E-state index contributed by atoms with van der Waals surface area (Å²) < 4.78 is 10.5. The number of methoxy groups -OCH3 is 1. The average molecular weight is 266 g/mol. The number of hydrogen-bond donors (Lipinski definition) is 0. The predicted molar refractivity (Wildman–Crippen MR) is 77.1 cm³/mol. The van der Waals surface area contributed by atoms with Crippen LogP contribution in [0.25, 0.3) is 11.8 Å². The van der Waals surface area contributed by atoms with Crippen molar-refractivity contribution in [1.29, 1.82) is 0 Å². The van der Waals surface area contributed by atoms with E-state index in [4.69, 9.17) is 9.47 Å². The highest BCUT2D eigenvalue weighted by atomic mass is 16.5. The van der Waals surface area contributed by atoms with Gasteiger partial charge in [-0.3, -0.25) is 4.79 Å². The van der Waals surface area contributed by atoms with E-state index in [9.17, 15) is 4.79 Å². The van der Waals surface area contributed by atoms with Crippen molar-refractivity contribution in [2.24, 2.45) is 0 Å². The number of fused-ring (bicyclic) bond motifs is 1. The zero-order valence-electron chi connectivity index (χ0n) is 11.1. The molecule has 0 atom stereocenters. The summed E-state index contributed by atoms with van der Waals surface area (Å²) in [5, 5.41) is 0. The molecule has 2 aromatic rings. The molecule has 1 aliphatic rings. The van der Waals surface area contributed by atoms with Gasteiger partial charge in [-0.2, -0.15) is 0 Å².